The van der Waals surface area contributed by atoms with Gasteiger partial charge in [-0.25, -0.2) is 0 Å². The highest BCUT2D eigenvalue weighted by atomic mass is 16.6. The molecule has 0 heterocycles. The fraction of sp³-hybridized carbons (Fsp3) is 0.600. The van der Waals surface area contributed by atoms with Gasteiger partial charge in [0, 0.05) is 30.9 Å². The summed E-state index contributed by atoms with van der Waals surface area (Å²) in [6, 6.07) is 4.88. The van der Waals surface area contributed by atoms with E-state index in [0.29, 0.717) is 12.4 Å². The minimum Gasteiger partial charge on any atom is -0.487 e. The van der Waals surface area contributed by atoms with Crippen molar-refractivity contribution in [2.75, 3.05) is 39.1 Å². The third-order valence-corrected chi connectivity index (χ3v) is 2.97. The molecule has 0 unspecified atom stereocenters. The lowest BCUT2D eigenvalue weighted by Gasteiger charge is -2.29. The first kappa shape index (κ1) is 17.2. The van der Waals surface area contributed by atoms with Crippen LogP contribution in [0.15, 0.2) is 18.2 Å². The fourth-order valence-corrected chi connectivity index (χ4v) is 2.30. The van der Waals surface area contributed by atoms with E-state index < -0.39 is 4.92 Å². The highest BCUT2D eigenvalue weighted by Gasteiger charge is 2.20. The summed E-state index contributed by atoms with van der Waals surface area (Å²) in [6.45, 7) is 8.28. The minimum absolute atomic E-state index is 0.00467. The lowest BCUT2D eigenvalue weighted by atomic mass is 9.93. The molecule has 1 aromatic rings. The van der Waals surface area contributed by atoms with Crippen LogP contribution < -0.4 is 10.1 Å². The lowest BCUT2D eigenvalue weighted by Crippen LogP contribution is -2.34. The number of nitro groups is 1. The zero-order valence-corrected chi connectivity index (χ0v) is 13.5. The van der Waals surface area contributed by atoms with Gasteiger partial charge in [0.15, 0.2) is 5.75 Å². The molecule has 0 aliphatic rings. The second-order valence-electron chi connectivity index (χ2n) is 6.13. The Kier molecular flexibility index (Phi) is 5.96. The van der Waals surface area contributed by atoms with Crippen molar-refractivity contribution in [3.63, 3.8) is 0 Å². The number of hydrogen-bond acceptors (Lipinski definition) is 5. The monoisotopic (exact) mass is 295 g/mol. The number of nitrogens with one attached hydrogen (secondary N) is 1. The number of anilines is 1. The molecule has 0 spiro atoms. The van der Waals surface area contributed by atoms with Crippen LogP contribution in [0.5, 0.6) is 5.75 Å². The van der Waals surface area contributed by atoms with Gasteiger partial charge in [-0.2, -0.15) is 0 Å². The highest BCUT2D eigenvalue weighted by Crippen LogP contribution is 2.30. The summed E-state index contributed by atoms with van der Waals surface area (Å²) in [7, 11) is 4.08. The van der Waals surface area contributed by atoms with Crippen LogP contribution in [0, 0.1) is 15.5 Å². The van der Waals surface area contributed by atoms with Crippen LogP contribution in [0.1, 0.15) is 20.8 Å². The predicted octanol–water partition coefficient (Wildman–Crippen LogP) is 2.99. The molecule has 0 saturated heterocycles. The number of hydrogen-bond donors (Lipinski definition) is 1. The first-order valence-electron chi connectivity index (χ1n) is 7.05. The Morgan fingerprint density at radius 3 is 2.57 bits per heavy atom. The Morgan fingerprint density at radius 1 is 1.38 bits per heavy atom. The van der Waals surface area contributed by atoms with E-state index in [-0.39, 0.29) is 11.1 Å². The van der Waals surface area contributed by atoms with Crippen molar-refractivity contribution < 1.29 is 9.66 Å². The molecule has 0 saturated carbocycles. The van der Waals surface area contributed by atoms with Crippen LogP contribution in [0.3, 0.4) is 0 Å². The summed E-state index contributed by atoms with van der Waals surface area (Å²) < 4.78 is 5.35. The summed E-state index contributed by atoms with van der Waals surface area (Å²) in [5.74, 6) is 0.304. The molecule has 0 bridgehead atoms. The summed E-state index contributed by atoms with van der Waals surface area (Å²) in [5.41, 5.74) is 0.919. The number of ether oxygens (including phenoxy) is 1. The Hall–Kier alpha value is -1.82. The van der Waals surface area contributed by atoms with E-state index in [1.54, 1.807) is 12.1 Å². The van der Waals surface area contributed by atoms with Gasteiger partial charge in [0.25, 0.3) is 0 Å². The lowest BCUT2D eigenvalue weighted by molar-refractivity contribution is -0.385. The standard InChI is InChI=1S/C15H25N3O3/c1-6-21-14-9-12(7-8-13(14)18(19)20)16-10-15(2,3)11-17(4)5/h7-9,16H,6,10-11H2,1-5H3. The van der Waals surface area contributed by atoms with Crippen LogP contribution in [0.2, 0.25) is 0 Å². The molecule has 6 heteroatoms. The molecule has 0 atom stereocenters. The molecule has 0 aromatic heterocycles. The van der Waals surface area contributed by atoms with Gasteiger partial charge >= 0.3 is 5.69 Å². The van der Waals surface area contributed by atoms with Crippen molar-refractivity contribution in [3.8, 4) is 5.75 Å². The number of nitro benzene ring substituents is 1. The maximum absolute atomic E-state index is 10.9. The zero-order valence-electron chi connectivity index (χ0n) is 13.5. The molecule has 0 aliphatic heterocycles. The number of benzene rings is 1. The molecule has 0 fully saturated rings. The van der Waals surface area contributed by atoms with Gasteiger partial charge in [-0.15, -0.1) is 0 Å². The van der Waals surface area contributed by atoms with E-state index >= 15 is 0 Å². The van der Waals surface area contributed by atoms with Crippen LogP contribution in [-0.4, -0.2) is 43.6 Å². The largest absolute Gasteiger partial charge is 0.487 e. The Bertz CT molecular complexity index is 487. The molecule has 1 rings (SSSR count). The zero-order chi connectivity index (χ0) is 16.0. The third kappa shape index (κ3) is 5.59. The third-order valence-electron chi connectivity index (χ3n) is 2.97. The smallest absolute Gasteiger partial charge is 0.311 e. The maximum Gasteiger partial charge on any atom is 0.311 e. The maximum atomic E-state index is 10.9. The Balaban J connectivity index is 2.80. The van der Waals surface area contributed by atoms with Gasteiger partial charge in [-0.3, -0.25) is 10.1 Å². The van der Waals surface area contributed by atoms with E-state index in [4.69, 9.17) is 4.74 Å². The van der Waals surface area contributed by atoms with Gasteiger partial charge in [0.2, 0.25) is 0 Å². The number of rotatable bonds is 8. The van der Waals surface area contributed by atoms with Gasteiger partial charge in [0.05, 0.1) is 11.5 Å². The first-order chi connectivity index (χ1) is 9.75. The van der Waals surface area contributed by atoms with Gasteiger partial charge in [0.1, 0.15) is 0 Å². The van der Waals surface area contributed by atoms with Gasteiger partial charge in [-0.1, -0.05) is 13.8 Å². The average Bonchev–Trinajstić information content (AvgIpc) is 2.35. The second-order valence-corrected chi connectivity index (χ2v) is 6.13. The highest BCUT2D eigenvalue weighted by molar-refractivity contribution is 5.58. The molecule has 21 heavy (non-hydrogen) atoms. The van der Waals surface area contributed by atoms with Crippen LogP contribution in [0.4, 0.5) is 11.4 Å². The predicted molar refractivity (Wildman–Crippen MR) is 85.1 cm³/mol. The molecule has 0 aliphatic carbocycles. The summed E-state index contributed by atoms with van der Waals surface area (Å²) in [6.07, 6.45) is 0. The van der Waals surface area contributed by atoms with E-state index in [1.807, 2.05) is 21.0 Å². The van der Waals surface area contributed by atoms with Crippen molar-refractivity contribution in [2.24, 2.45) is 5.41 Å². The topological polar surface area (TPSA) is 67.6 Å². The quantitative estimate of drug-likeness (QED) is 0.590. The van der Waals surface area contributed by atoms with Crippen LogP contribution in [0.25, 0.3) is 0 Å². The second kappa shape index (κ2) is 7.26. The van der Waals surface area contributed by atoms with Crippen LogP contribution in [-0.2, 0) is 0 Å². The van der Waals surface area contributed by atoms with E-state index in [0.717, 1.165) is 18.8 Å². The summed E-state index contributed by atoms with van der Waals surface area (Å²) >= 11 is 0. The molecule has 0 radical (unpaired) electrons. The Morgan fingerprint density at radius 2 is 2.05 bits per heavy atom. The van der Waals surface area contributed by atoms with Crippen molar-refractivity contribution in [3.05, 3.63) is 28.3 Å². The number of nitrogens with zero attached hydrogens (tertiary/aromatic N) is 2. The average molecular weight is 295 g/mol. The SMILES string of the molecule is CCOc1cc(NCC(C)(C)CN(C)C)ccc1[N+](=O)[O-]. The van der Waals surface area contributed by atoms with E-state index in [9.17, 15) is 10.1 Å². The molecule has 1 aromatic carbocycles. The van der Waals surface area contributed by atoms with Crippen molar-refractivity contribution in [1.29, 1.82) is 0 Å². The van der Waals surface area contributed by atoms with Crippen molar-refractivity contribution >= 4 is 11.4 Å². The molecule has 1 N–H and O–H groups in total. The molecular weight excluding hydrogens is 270 g/mol. The normalized spacial score (nSPS) is 11.5. The van der Waals surface area contributed by atoms with E-state index in [2.05, 4.69) is 24.1 Å². The van der Waals surface area contributed by atoms with Crippen molar-refractivity contribution in [2.45, 2.75) is 20.8 Å². The van der Waals surface area contributed by atoms with Crippen LogP contribution >= 0.6 is 0 Å². The fourth-order valence-electron chi connectivity index (χ4n) is 2.30. The van der Waals surface area contributed by atoms with E-state index in [1.165, 1.54) is 6.07 Å². The molecular formula is C15H25N3O3. The van der Waals surface area contributed by atoms with Gasteiger partial charge < -0.3 is 15.0 Å². The Labute approximate surface area is 126 Å². The summed E-state index contributed by atoms with van der Waals surface area (Å²) in [5, 5.41) is 14.3. The minimum atomic E-state index is -0.426. The first-order valence-corrected chi connectivity index (χ1v) is 7.05. The molecule has 118 valence electrons. The van der Waals surface area contributed by atoms with Gasteiger partial charge in [-0.05, 0) is 32.5 Å². The molecule has 0 amide bonds. The summed E-state index contributed by atoms with van der Waals surface area (Å²) in [4.78, 5) is 12.7. The molecule has 6 nitrogen and oxygen atoms in total. The van der Waals surface area contributed by atoms with Crippen molar-refractivity contribution in [1.82, 2.24) is 4.90 Å².